The van der Waals surface area contributed by atoms with Crippen molar-refractivity contribution in [2.24, 2.45) is 28.8 Å². The number of carbonyl (C=O) groups is 3. The van der Waals surface area contributed by atoms with Crippen LogP contribution in [0.3, 0.4) is 0 Å². The fourth-order valence-corrected chi connectivity index (χ4v) is 5.23. The minimum atomic E-state index is -0.911. The number of allylic oxidation sites excluding steroid dienone is 2. The van der Waals surface area contributed by atoms with Crippen molar-refractivity contribution in [1.82, 2.24) is 5.01 Å². The Balaban J connectivity index is 1.61. The number of amides is 2. The first-order valence-electron chi connectivity index (χ1n) is 10.3. The molecule has 1 saturated heterocycles. The van der Waals surface area contributed by atoms with E-state index in [4.69, 9.17) is 21.1 Å². The van der Waals surface area contributed by atoms with Gasteiger partial charge in [-0.1, -0.05) is 23.8 Å². The van der Waals surface area contributed by atoms with Crippen LogP contribution in [0.2, 0.25) is 5.02 Å². The fraction of sp³-hybridized carbons (Fsp3) is 0.455. The van der Waals surface area contributed by atoms with E-state index in [0.717, 1.165) is 11.4 Å². The number of ether oxygens (including phenoxy) is 3. The summed E-state index contributed by atoms with van der Waals surface area (Å²) in [7, 11) is 1.26. The lowest BCUT2D eigenvalue weighted by Gasteiger charge is -2.19. The van der Waals surface area contributed by atoms with E-state index in [1.165, 1.54) is 20.2 Å². The lowest BCUT2D eigenvalue weighted by Crippen LogP contribution is -2.28. The maximum atomic E-state index is 12.8. The van der Waals surface area contributed by atoms with Gasteiger partial charge in [0.05, 0.1) is 31.8 Å². The standard InChI is InChI=1S/C22H22BrClN2O6/c1-4-31-14-8-13(17(23)18(24)19(14)32-10(2)22(29)30-3)9-25-26-20(27)15-11-5-6-12(7-11)16(15)21(26)28/h5-6,8-12,15-16H,4,7H2,1-3H3/t10-,11-,12-,15-,16+/m0/s1. The molecular formula is C22H22BrClN2O6. The number of hydrogen-bond acceptors (Lipinski definition) is 7. The maximum Gasteiger partial charge on any atom is 0.346 e. The van der Waals surface area contributed by atoms with Crippen molar-refractivity contribution in [3.63, 3.8) is 0 Å². The van der Waals surface area contributed by atoms with Gasteiger partial charge in [-0.2, -0.15) is 10.1 Å². The van der Waals surface area contributed by atoms with Gasteiger partial charge in [-0.3, -0.25) is 9.59 Å². The Morgan fingerprint density at radius 1 is 1.31 bits per heavy atom. The molecule has 5 atom stereocenters. The molecule has 170 valence electrons. The van der Waals surface area contributed by atoms with Gasteiger partial charge in [0.15, 0.2) is 17.6 Å². The second kappa shape index (κ2) is 8.86. The van der Waals surface area contributed by atoms with Crippen molar-refractivity contribution in [2.45, 2.75) is 26.4 Å². The highest BCUT2D eigenvalue weighted by Crippen LogP contribution is 2.52. The number of hydrazone groups is 1. The zero-order chi connectivity index (χ0) is 23.2. The highest BCUT2D eigenvalue weighted by Gasteiger charge is 2.59. The first kappa shape index (κ1) is 22.8. The lowest BCUT2D eigenvalue weighted by atomic mass is 9.85. The predicted octanol–water partition coefficient (Wildman–Crippen LogP) is 3.58. The molecule has 32 heavy (non-hydrogen) atoms. The number of hydrogen-bond donors (Lipinski definition) is 0. The first-order chi connectivity index (χ1) is 15.3. The molecule has 0 unspecified atom stereocenters. The topological polar surface area (TPSA) is 94.5 Å². The SMILES string of the molecule is CCOc1cc(C=NN2C(=O)[C@@H]3[C@H](C2=O)[C@H]2C=C[C@H]3C2)c(Br)c(Cl)c1O[C@@H](C)C(=O)OC. The Kier molecular flexibility index (Phi) is 6.31. The molecule has 2 aliphatic carbocycles. The summed E-state index contributed by atoms with van der Waals surface area (Å²) in [5.74, 6) is -1.07. The number of esters is 1. The van der Waals surface area contributed by atoms with Crippen molar-refractivity contribution < 1.29 is 28.6 Å². The summed E-state index contributed by atoms with van der Waals surface area (Å²) in [6.07, 6.45) is 5.39. The van der Waals surface area contributed by atoms with Gasteiger partial charge in [-0.25, -0.2) is 4.79 Å². The summed E-state index contributed by atoms with van der Waals surface area (Å²) in [6, 6.07) is 1.61. The summed E-state index contributed by atoms with van der Waals surface area (Å²) < 4.78 is 16.4. The number of nitrogens with zero attached hydrogens (tertiary/aromatic N) is 2. The summed E-state index contributed by atoms with van der Waals surface area (Å²) in [6.45, 7) is 3.64. The van der Waals surface area contributed by atoms with Gasteiger partial charge in [0.2, 0.25) is 0 Å². The Morgan fingerprint density at radius 2 is 1.94 bits per heavy atom. The molecule has 4 rings (SSSR count). The van der Waals surface area contributed by atoms with Crippen LogP contribution in [0.1, 0.15) is 25.8 Å². The second-order valence-electron chi connectivity index (χ2n) is 7.87. The molecule has 1 saturated carbocycles. The smallest absolute Gasteiger partial charge is 0.346 e. The molecule has 1 aliphatic heterocycles. The molecule has 0 spiro atoms. The molecule has 3 aliphatic rings. The Bertz CT molecular complexity index is 1010. The molecule has 1 aromatic rings. The third-order valence-corrected chi connectivity index (χ3v) is 7.49. The molecule has 2 amide bonds. The maximum absolute atomic E-state index is 12.8. The molecule has 0 radical (unpaired) electrons. The van der Waals surface area contributed by atoms with Crippen molar-refractivity contribution in [1.29, 1.82) is 0 Å². The molecule has 2 bridgehead atoms. The van der Waals surface area contributed by atoms with Crippen molar-refractivity contribution in [3.05, 3.63) is 33.3 Å². The van der Waals surface area contributed by atoms with Gasteiger partial charge in [0.1, 0.15) is 5.02 Å². The van der Waals surface area contributed by atoms with E-state index in [0.29, 0.717) is 16.6 Å². The number of rotatable bonds is 7. The molecule has 10 heteroatoms. The van der Waals surface area contributed by atoms with E-state index in [2.05, 4.69) is 25.8 Å². The number of fused-ring (bicyclic) bond motifs is 5. The Hall–Kier alpha value is -2.39. The van der Waals surface area contributed by atoms with Crippen LogP contribution in [-0.2, 0) is 19.1 Å². The number of imide groups is 1. The van der Waals surface area contributed by atoms with Crippen LogP contribution >= 0.6 is 27.5 Å². The van der Waals surface area contributed by atoms with Gasteiger partial charge in [0, 0.05) is 10.0 Å². The fourth-order valence-electron chi connectivity index (χ4n) is 4.58. The molecule has 8 nitrogen and oxygen atoms in total. The van der Waals surface area contributed by atoms with Crippen LogP contribution in [0.25, 0.3) is 0 Å². The van der Waals surface area contributed by atoms with E-state index in [1.54, 1.807) is 13.0 Å². The van der Waals surface area contributed by atoms with Crippen LogP contribution in [0.5, 0.6) is 11.5 Å². The van der Waals surface area contributed by atoms with Crippen LogP contribution in [-0.4, -0.2) is 48.8 Å². The Labute approximate surface area is 198 Å². The van der Waals surface area contributed by atoms with E-state index >= 15 is 0 Å². The van der Waals surface area contributed by atoms with Crippen LogP contribution in [0.15, 0.2) is 27.8 Å². The average Bonchev–Trinajstić information content (AvgIpc) is 3.46. The third kappa shape index (κ3) is 3.71. The second-order valence-corrected chi connectivity index (χ2v) is 9.04. The predicted molar refractivity (Wildman–Crippen MR) is 120 cm³/mol. The highest BCUT2D eigenvalue weighted by atomic mass is 79.9. The summed E-state index contributed by atoms with van der Waals surface area (Å²) in [4.78, 5) is 37.4. The minimum absolute atomic E-state index is 0.112. The van der Waals surface area contributed by atoms with E-state index < -0.39 is 12.1 Å². The van der Waals surface area contributed by atoms with E-state index in [9.17, 15) is 14.4 Å². The van der Waals surface area contributed by atoms with Gasteiger partial charge in [-0.05, 0) is 54.1 Å². The first-order valence-corrected chi connectivity index (χ1v) is 11.4. The van der Waals surface area contributed by atoms with Gasteiger partial charge < -0.3 is 14.2 Å². The van der Waals surface area contributed by atoms with Crippen molar-refractivity contribution >= 4 is 51.5 Å². The van der Waals surface area contributed by atoms with Crippen molar-refractivity contribution in [2.75, 3.05) is 13.7 Å². The largest absolute Gasteiger partial charge is 0.490 e. The normalized spacial score (nSPS) is 26.7. The highest BCUT2D eigenvalue weighted by molar-refractivity contribution is 9.10. The Morgan fingerprint density at radius 3 is 2.50 bits per heavy atom. The van der Waals surface area contributed by atoms with Gasteiger partial charge in [0.25, 0.3) is 11.8 Å². The molecule has 1 aromatic carbocycles. The minimum Gasteiger partial charge on any atom is -0.490 e. The molecule has 2 fully saturated rings. The average molecular weight is 526 g/mol. The summed E-state index contributed by atoms with van der Waals surface area (Å²) in [5.41, 5.74) is 0.482. The lowest BCUT2D eigenvalue weighted by molar-refractivity contribution is -0.148. The van der Waals surface area contributed by atoms with Crippen molar-refractivity contribution in [3.8, 4) is 11.5 Å². The van der Waals surface area contributed by atoms with Gasteiger partial charge in [-0.15, -0.1) is 0 Å². The van der Waals surface area contributed by atoms with E-state index in [-0.39, 0.29) is 52.0 Å². The summed E-state index contributed by atoms with van der Waals surface area (Å²) in [5, 5.41) is 5.32. The van der Waals surface area contributed by atoms with Crippen LogP contribution in [0, 0.1) is 23.7 Å². The quantitative estimate of drug-likeness (QED) is 0.234. The molecule has 0 aromatic heterocycles. The zero-order valence-electron chi connectivity index (χ0n) is 17.7. The number of halogens is 2. The molecular weight excluding hydrogens is 504 g/mol. The van der Waals surface area contributed by atoms with Crippen LogP contribution in [0.4, 0.5) is 0 Å². The number of carbonyl (C=O) groups excluding carboxylic acids is 3. The molecule has 1 heterocycles. The number of methoxy groups -OCH3 is 1. The number of benzene rings is 1. The zero-order valence-corrected chi connectivity index (χ0v) is 20.1. The monoisotopic (exact) mass is 524 g/mol. The van der Waals surface area contributed by atoms with Crippen LogP contribution < -0.4 is 9.47 Å². The third-order valence-electron chi connectivity index (χ3n) is 6.04. The van der Waals surface area contributed by atoms with E-state index in [1.807, 2.05) is 12.2 Å². The summed E-state index contributed by atoms with van der Waals surface area (Å²) >= 11 is 9.89. The molecule has 0 N–H and O–H groups in total. The van der Waals surface area contributed by atoms with Gasteiger partial charge >= 0.3 is 5.97 Å².